The van der Waals surface area contributed by atoms with E-state index in [1.54, 1.807) is 6.07 Å². The van der Waals surface area contributed by atoms with Crippen LogP contribution >= 0.6 is 0 Å². The smallest absolute Gasteiger partial charge is 0.169 e. The van der Waals surface area contributed by atoms with Gasteiger partial charge >= 0.3 is 0 Å². The summed E-state index contributed by atoms with van der Waals surface area (Å²) in [6.45, 7) is 0.766. The molecule has 1 fully saturated rings. The van der Waals surface area contributed by atoms with Gasteiger partial charge in [-0.2, -0.15) is 0 Å². The van der Waals surface area contributed by atoms with Gasteiger partial charge in [-0.1, -0.05) is 6.07 Å². The third-order valence-electron chi connectivity index (χ3n) is 3.19. The minimum absolute atomic E-state index is 0.0537. The van der Waals surface area contributed by atoms with E-state index in [4.69, 9.17) is 9.47 Å². The highest BCUT2D eigenvalue weighted by Gasteiger charge is 2.21. The van der Waals surface area contributed by atoms with E-state index < -0.39 is 5.82 Å². The first-order valence-electron chi connectivity index (χ1n) is 6.19. The Balaban J connectivity index is 2.03. The van der Waals surface area contributed by atoms with Gasteiger partial charge in [0.15, 0.2) is 5.78 Å². The van der Waals surface area contributed by atoms with Crippen LogP contribution in [0.25, 0.3) is 0 Å². The number of Topliss-reactive ketones (excluding diaryl/α,β-unsaturated/α-hetero) is 1. The Bertz CT molecular complexity index is 425. The summed E-state index contributed by atoms with van der Waals surface area (Å²) in [5.74, 6) is -0.445. The second kappa shape index (κ2) is 5.96. The lowest BCUT2D eigenvalue weighted by atomic mass is 10.0. The average Bonchev–Trinajstić information content (AvgIpc) is 2.88. The van der Waals surface area contributed by atoms with Crippen LogP contribution in [0.2, 0.25) is 0 Å². The fourth-order valence-corrected chi connectivity index (χ4v) is 2.23. The minimum Gasteiger partial charge on any atom is -0.496 e. The Morgan fingerprint density at radius 3 is 3.06 bits per heavy atom. The normalized spacial score (nSPS) is 18.9. The maximum Gasteiger partial charge on any atom is 0.169 e. The van der Waals surface area contributed by atoms with Crippen molar-refractivity contribution in [3.8, 4) is 5.75 Å². The van der Waals surface area contributed by atoms with Crippen LogP contribution in [0.4, 0.5) is 4.39 Å². The largest absolute Gasteiger partial charge is 0.496 e. The Labute approximate surface area is 106 Å². The molecule has 0 aliphatic carbocycles. The average molecular weight is 252 g/mol. The number of hydrogen-bond donors (Lipinski definition) is 0. The van der Waals surface area contributed by atoms with Gasteiger partial charge < -0.3 is 9.47 Å². The molecule has 98 valence electrons. The first-order valence-corrected chi connectivity index (χ1v) is 6.19. The predicted octanol–water partition coefficient (Wildman–Crippen LogP) is 2.98. The van der Waals surface area contributed by atoms with Gasteiger partial charge in [0, 0.05) is 13.0 Å². The van der Waals surface area contributed by atoms with Crippen molar-refractivity contribution in [3.05, 3.63) is 29.6 Å². The van der Waals surface area contributed by atoms with Crippen molar-refractivity contribution >= 4 is 5.78 Å². The van der Waals surface area contributed by atoms with Crippen molar-refractivity contribution in [3.63, 3.8) is 0 Å². The van der Waals surface area contributed by atoms with Crippen LogP contribution in [-0.2, 0) is 4.74 Å². The van der Waals surface area contributed by atoms with Crippen molar-refractivity contribution in [1.82, 2.24) is 0 Å². The molecule has 0 N–H and O–H groups in total. The standard InChI is InChI=1S/C14H17FO3/c1-17-13-6-2-5-11(15)14(13)12(16)8-7-10-4-3-9-18-10/h2,5-6,10H,3-4,7-9H2,1H3. The van der Waals surface area contributed by atoms with Gasteiger partial charge in [-0.05, 0) is 31.4 Å². The molecule has 1 aliphatic rings. The van der Waals surface area contributed by atoms with Crippen molar-refractivity contribution in [2.75, 3.05) is 13.7 Å². The molecule has 0 spiro atoms. The fraction of sp³-hybridized carbons (Fsp3) is 0.500. The molecular weight excluding hydrogens is 235 g/mol. The molecule has 1 atom stereocenters. The van der Waals surface area contributed by atoms with Crippen molar-refractivity contribution in [2.24, 2.45) is 0 Å². The molecule has 1 unspecified atom stereocenters. The summed E-state index contributed by atoms with van der Waals surface area (Å²) >= 11 is 0. The summed E-state index contributed by atoms with van der Waals surface area (Å²) in [6, 6.07) is 4.41. The number of ether oxygens (including phenoxy) is 2. The van der Waals surface area contributed by atoms with E-state index in [1.165, 1.54) is 19.2 Å². The van der Waals surface area contributed by atoms with Gasteiger partial charge in [-0.3, -0.25) is 4.79 Å². The number of rotatable bonds is 5. The summed E-state index contributed by atoms with van der Waals surface area (Å²) in [4.78, 5) is 12.0. The van der Waals surface area contributed by atoms with Crippen LogP contribution in [0.3, 0.4) is 0 Å². The molecule has 1 aromatic carbocycles. The Kier molecular flexibility index (Phi) is 4.31. The summed E-state index contributed by atoms with van der Waals surface area (Å²) in [5, 5.41) is 0. The highest BCUT2D eigenvalue weighted by atomic mass is 19.1. The second-order valence-electron chi connectivity index (χ2n) is 4.41. The zero-order valence-corrected chi connectivity index (χ0v) is 10.4. The molecule has 3 nitrogen and oxygen atoms in total. The highest BCUT2D eigenvalue weighted by molar-refractivity contribution is 5.98. The first kappa shape index (κ1) is 13.0. The Morgan fingerprint density at radius 1 is 1.56 bits per heavy atom. The molecule has 2 rings (SSSR count). The summed E-state index contributed by atoms with van der Waals surface area (Å²) in [7, 11) is 1.44. The Morgan fingerprint density at radius 2 is 2.39 bits per heavy atom. The quantitative estimate of drug-likeness (QED) is 0.756. The second-order valence-corrected chi connectivity index (χ2v) is 4.41. The maximum absolute atomic E-state index is 13.7. The number of methoxy groups -OCH3 is 1. The zero-order chi connectivity index (χ0) is 13.0. The molecule has 4 heteroatoms. The van der Waals surface area contributed by atoms with E-state index in [0.29, 0.717) is 18.6 Å². The van der Waals surface area contributed by atoms with Gasteiger partial charge in [-0.25, -0.2) is 4.39 Å². The molecule has 1 aromatic rings. The van der Waals surface area contributed by atoms with E-state index in [0.717, 1.165) is 19.4 Å². The monoisotopic (exact) mass is 252 g/mol. The van der Waals surface area contributed by atoms with Crippen LogP contribution in [0, 0.1) is 5.82 Å². The van der Waals surface area contributed by atoms with Crippen molar-refractivity contribution in [1.29, 1.82) is 0 Å². The van der Waals surface area contributed by atoms with E-state index in [9.17, 15) is 9.18 Å². The van der Waals surface area contributed by atoms with Crippen molar-refractivity contribution < 1.29 is 18.7 Å². The number of carbonyl (C=O) groups is 1. The molecule has 1 aliphatic heterocycles. The lowest BCUT2D eigenvalue weighted by Gasteiger charge is -2.11. The van der Waals surface area contributed by atoms with E-state index in [2.05, 4.69) is 0 Å². The number of ketones is 1. The number of carbonyl (C=O) groups excluding carboxylic acids is 1. The van der Waals surface area contributed by atoms with Crippen molar-refractivity contribution in [2.45, 2.75) is 31.8 Å². The molecule has 0 radical (unpaired) electrons. The van der Waals surface area contributed by atoms with Crippen LogP contribution < -0.4 is 4.74 Å². The lowest BCUT2D eigenvalue weighted by Crippen LogP contribution is -2.11. The Hall–Kier alpha value is -1.42. The topological polar surface area (TPSA) is 35.5 Å². The van der Waals surface area contributed by atoms with Crippen LogP contribution in [0.5, 0.6) is 5.75 Å². The van der Waals surface area contributed by atoms with Crippen LogP contribution in [0.1, 0.15) is 36.0 Å². The first-order chi connectivity index (χ1) is 8.72. The number of benzene rings is 1. The van der Waals surface area contributed by atoms with Gasteiger partial charge in [0.25, 0.3) is 0 Å². The van der Waals surface area contributed by atoms with Gasteiger partial charge in [0.05, 0.1) is 18.8 Å². The molecule has 1 saturated heterocycles. The number of hydrogen-bond acceptors (Lipinski definition) is 3. The fourth-order valence-electron chi connectivity index (χ4n) is 2.23. The molecule has 1 heterocycles. The molecule has 0 saturated carbocycles. The van der Waals surface area contributed by atoms with Crippen LogP contribution in [0.15, 0.2) is 18.2 Å². The molecule has 0 aromatic heterocycles. The molecule has 18 heavy (non-hydrogen) atoms. The zero-order valence-electron chi connectivity index (χ0n) is 10.4. The highest BCUT2D eigenvalue weighted by Crippen LogP contribution is 2.25. The van der Waals surface area contributed by atoms with Gasteiger partial charge in [-0.15, -0.1) is 0 Å². The van der Waals surface area contributed by atoms with Crippen LogP contribution in [-0.4, -0.2) is 25.6 Å². The molecular formula is C14H17FO3. The third kappa shape index (κ3) is 2.88. The van der Waals surface area contributed by atoms with Gasteiger partial charge in [0.1, 0.15) is 11.6 Å². The van der Waals surface area contributed by atoms with E-state index in [-0.39, 0.29) is 17.5 Å². The number of halogens is 1. The van der Waals surface area contributed by atoms with E-state index >= 15 is 0 Å². The van der Waals surface area contributed by atoms with Gasteiger partial charge in [0.2, 0.25) is 0 Å². The minimum atomic E-state index is -0.522. The lowest BCUT2D eigenvalue weighted by molar-refractivity contribution is 0.0854. The summed E-state index contributed by atoms with van der Waals surface area (Å²) in [5.41, 5.74) is 0.0537. The van der Waals surface area contributed by atoms with E-state index in [1.807, 2.05) is 0 Å². The summed E-state index contributed by atoms with van der Waals surface area (Å²) < 4.78 is 24.1. The molecule has 0 amide bonds. The SMILES string of the molecule is COc1cccc(F)c1C(=O)CCC1CCCO1. The molecule has 0 bridgehead atoms. The predicted molar refractivity (Wildman–Crippen MR) is 65.5 cm³/mol. The maximum atomic E-state index is 13.7. The third-order valence-corrected chi connectivity index (χ3v) is 3.19. The summed E-state index contributed by atoms with van der Waals surface area (Å²) in [6.07, 6.45) is 3.12.